The van der Waals surface area contributed by atoms with Crippen LogP contribution < -0.4 is 5.32 Å². The summed E-state index contributed by atoms with van der Waals surface area (Å²) in [6.45, 7) is 6.76. The molecule has 0 aliphatic carbocycles. The van der Waals surface area contributed by atoms with Crippen LogP contribution in [0.15, 0.2) is 42.9 Å². The third-order valence-electron chi connectivity index (χ3n) is 6.10. The molecule has 0 atom stereocenters. The van der Waals surface area contributed by atoms with E-state index in [9.17, 15) is 13.6 Å². The van der Waals surface area contributed by atoms with Crippen LogP contribution in [-0.2, 0) is 24.1 Å². The zero-order valence-corrected chi connectivity index (χ0v) is 20.9. The van der Waals surface area contributed by atoms with Gasteiger partial charge in [0, 0.05) is 47.5 Å². The smallest absolute Gasteiger partial charge is 0.410 e. The van der Waals surface area contributed by atoms with Crippen molar-refractivity contribution in [2.24, 2.45) is 0 Å². The van der Waals surface area contributed by atoms with E-state index in [-0.39, 0.29) is 12.4 Å². The number of ether oxygens (including phenoxy) is 1. The number of carbonyl (C=O) groups is 1. The van der Waals surface area contributed by atoms with Crippen LogP contribution in [0.25, 0.3) is 22.3 Å². The highest BCUT2D eigenvalue weighted by molar-refractivity contribution is 5.83. The van der Waals surface area contributed by atoms with Crippen molar-refractivity contribution >= 4 is 22.8 Å². The molecular formula is C27H28F2N6O2. The summed E-state index contributed by atoms with van der Waals surface area (Å²) in [5, 5.41) is 4.37. The van der Waals surface area contributed by atoms with Gasteiger partial charge in [-0.1, -0.05) is 0 Å². The van der Waals surface area contributed by atoms with Crippen LogP contribution in [0.4, 0.5) is 19.4 Å². The molecule has 0 fully saturated rings. The normalized spacial score (nSPS) is 13.5. The van der Waals surface area contributed by atoms with Gasteiger partial charge in [-0.15, -0.1) is 0 Å². The molecule has 0 spiro atoms. The molecule has 3 aromatic heterocycles. The first-order valence-corrected chi connectivity index (χ1v) is 12.1. The molecule has 1 aromatic carbocycles. The number of amides is 1. The van der Waals surface area contributed by atoms with E-state index in [1.807, 2.05) is 27.0 Å². The van der Waals surface area contributed by atoms with Gasteiger partial charge in [-0.2, -0.15) is 0 Å². The lowest BCUT2D eigenvalue weighted by Gasteiger charge is -2.31. The summed E-state index contributed by atoms with van der Waals surface area (Å²) in [5.41, 5.74) is 3.22. The Bertz CT molecular complexity index is 1460. The van der Waals surface area contributed by atoms with Crippen LogP contribution in [-0.4, -0.2) is 49.6 Å². The number of aromatic nitrogens is 4. The van der Waals surface area contributed by atoms with Gasteiger partial charge in [0.1, 0.15) is 23.1 Å². The molecule has 1 aliphatic heterocycles. The lowest BCUT2D eigenvalue weighted by atomic mass is 10.0. The lowest BCUT2D eigenvalue weighted by Crippen LogP contribution is -2.40. The topological polar surface area (TPSA) is 96.0 Å². The third kappa shape index (κ3) is 5.52. The zero-order chi connectivity index (χ0) is 26.2. The van der Waals surface area contributed by atoms with Crippen molar-refractivity contribution in [2.75, 3.05) is 18.4 Å². The second-order valence-electron chi connectivity index (χ2n) is 10.0. The molecule has 37 heavy (non-hydrogen) atoms. The van der Waals surface area contributed by atoms with Crippen LogP contribution in [0.2, 0.25) is 0 Å². The number of rotatable bonds is 5. The lowest BCUT2D eigenvalue weighted by molar-refractivity contribution is 0.0221. The minimum Gasteiger partial charge on any atom is -0.444 e. The minimum absolute atomic E-state index is 0.255. The summed E-state index contributed by atoms with van der Waals surface area (Å²) in [4.78, 5) is 30.7. The molecule has 4 heterocycles. The van der Waals surface area contributed by atoms with Gasteiger partial charge < -0.3 is 19.9 Å². The fraction of sp³-hybridized carbons (Fsp3) is 0.333. The maximum atomic E-state index is 13.9. The molecule has 1 amide bonds. The summed E-state index contributed by atoms with van der Waals surface area (Å²) in [5.74, 6) is 0.187. The second kappa shape index (κ2) is 9.76. The molecule has 0 saturated heterocycles. The number of hydrogen-bond donors (Lipinski definition) is 2. The molecule has 0 saturated carbocycles. The minimum atomic E-state index is -0.609. The zero-order valence-electron chi connectivity index (χ0n) is 20.9. The van der Waals surface area contributed by atoms with Crippen molar-refractivity contribution in [3.8, 4) is 11.4 Å². The van der Waals surface area contributed by atoms with Crippen molar-refractivity contribution in [3.63, 3.8) is 0 Å². The number of aromatic amines is 1. The number of hydrogen-bond acceptors (Lipinski definition) is 6. The molecule has 192 valence electrons. The summed E-state index contributed by atoms with van der Waals surface area (Å²) in [6, 6.07) is 6.02. The number of nitrogens with zero attached hydrogens (tertiary/aromatic N) is 4. The van der Waals surface area contributed by atoms with Gasteiger partial charge in [0.15, 0.2) is 5.82 Å². The van der Waals surface area contributed by atoms with Crippen molar-refractivity contribution in [1.82, 2.24) is 24.8 Å². The SMILES string of the molecule is CC(C)(C)OC(=O)N1CCc2c(nc(-c3cncc(F)c3)nc2NCCc2c[nH]c3cc(F)ccc23)C1. The Hall–Kier alpha value is -4.08. The first-order chi connectivity index (χ1) is 17.7. The van der Waals surface area contributed by atoms with E-state index in [1.165, 1.54) is 24.4 Å². The first kappa shape index (κ1) is 24.6. The Morgan fingerprint density at radius 2 is 2.00 bits per heavy atom. The standard InChI is InChI=1S/C27H28F2N6O2/c1-27(2,3)37-26(36)35-9-7-21-23(15-35)33-24(17-10-19(29)14-30-12-17)34-25(21)31-8-6-16-13-32-22-11-18(28)4-5-20(16)22/h4-5,10-14,32H,6-9,15H2,1-3H3,(H,31,33,34). The summed E-state index contributed by atoms with van der Waals surface area (Å²) < 4.78 is 33.0. The molecule has 8 nitrogen and oxygen atoms in total. The average molecular weight is 507 g/mol. The van der Waals surface area contributed by atoms with Crippen LogP contribution in [0.1, 0.15) is 37.6 Å². The molecule has 5 rings (SSSR count). The number of benzene rings is 1. The first-order valence-electron chi connectivity index (χ1n) is 12.1. The Kier molecular flexibility index (Phi) is 6.49. The molecule has 1 aliphatic rings. The number of nitrogens with one attached hydrogen (secondary N) is 2. The number of anilines is 1. The summed E-state index contributed by atoms with van der Waals surface area (Å²) in [7, 11) is 0. The molecule has 0 unspecified atom stereocenters. The molecule has 10 heteroatoms. The van der Waals surface area contributed by atoms with E-state index in [2.05, 4.69) is 20.3 Å². The van der Waals surface area contributed by atoms with Crippen LogP contribution in [0.5, 0.6) is 0 Å². The molecule has 2 N–H and O–H groups in total. The van der Waals surface area contributed by atoms with Crippen molar-refractivity contribution in [2.45, 2.75) is 45.8 Å². The van der Waals surface area contributed by atoms with Gasteiger partial charge >= 0.3 is 6.09 Å². The van der Waals surface area contributed by atoms with E-state index in [1.54, 1.807) is 11.0 Å². The quantitative estimate of drug-likeness (QED) is 0.384. The largest absolute Gasteiger partial charge is 0.444 e. The highest BCUT2D eigenvalue weighted by Crippen LogP contribution is 2.28. The summed E-state index contributed by atoms with van der Waals surface area (Å²) in [6.07, 6.45) is 5.32. The van der Waals surface area contributed by atoms with Crippen molar-refractivity contribution in [3.05, 3.63) is 71.3 Å². The van der Waals surface area contributed by atoms with Crippen LogP contribution in [0, 0.1) is 11.6 Å². The van der Waals surface area contributed by atoms with Crippen LogP contribution >= 0.6 is 0 Å². The highest BCUT2D eigenvalue weighted by atomic mass is 19.1. The van der Waals surface area contributed by atoms with Gasteiger partial charge in [-0.3, -0.25) is 4.98 Å². The number of pyridine rings is 1. The maximum Gasteiger partial charge on any atom is 0.410 e. The molecule has 0 radical (unpaired) electrons. The monoisotopic (exact) mass is 506 g/mol. The Labute approximate surface area is 213 Å². The van der Waals surface area contributed by atoms with E-state index in [0.717, 1.165) is 28.2 Å². The second-order valence-corrected chi connectivity index (χ2v) is 10.0. The van der Waals surface area contributed by atoms with Gasteiger partial charge in [0.2, 0.25) is 0 Å². The Morgan fingerprint density at radius 1 is 1.16 bits per heavy atom. The van der Waals surface area contributed by atoms with Gasteiger partial charge in [-0.05, 0) is 63.4 Å². The van der Waals surface area contributed by atoms with Gasteiger partial charge in [-0.25, -0.2) is 23.5 Å². The fourth-order valence-electron chi connectivity index (χ4n) is 4.40. The van der Waals surface area contributed by atoms with Crippen LogP contribution in [0.3, 0.4) is 0 Å². The van der Waals surface area contributed by atoms with Gasteiger partial charge in [0.05, 0.1) is 18.4 Å². The average Bonchev–Trinajstić information content (AvgIpc) is 3.24. The Morgan fingerprint density at radius 3 is 2.78 bits per heavy atom. The highest BCUT2D eigenvalue weighted by Gasteiger charge is 2.29. The predicted molar refractivity (Wildman–Crippen MR) is 136 cm³/mol. The van der Waals surface area contributed by atoms with Gasteiger partial charge in [0.25, 0.3) is 0 Å². The van der Waals surface area contributed by atoms with E-state index < -0.39 is 17.5 Å². The number of carbonyl (C=O) groups excluding carboxylic acids is 1. The van der Waals surface area contributed by atoms with E-state index >= 15 is 0 Å². The Balaban J connectivity index is 1.41. The number of H-pyrrole nitrogens is 1. The van der Waals surface area contributed by atoms with Crippen molar-refractivity contribution in [1.29, 1.82) is 0 Å². The third-order valence-corrected chi connectivity index (χ3v) is 6.10. The molecule has 0 bridgehead atoms. The molecule has 4 aromatic rings. The number of halogens is 2. The van der Waals surface area contributed by atoms with E-state index in [0.29, 0.717) is 48.8 Å². The number of fused-ring (bicyclic) bond motifs is 2. The summed E-state index contributed by atoms with van der Waals surface area (Å²) >= 11 is 0. The predicted octanol–water partition coefficient (Wildman–Crippen LogP) is 5.25. The maximum absolute atomic E-state index is 13.9. The van der Waals surface area contributed by atoms with Crippen molar-refractivity contribution < 1.29 is 18.3 Å². The fourth-order valence-corrected chi connectivity index (χ4v) is 4.40. The molecular weight excluding hydrogens is 478 g/mol. The van der Waals surface area contributed by atoms with E-state index in [4.69, 9.17) is 9.72 Å².